The predicted octanol–water partition coefficient (Wildman–Crippen LogP) is 4.11. The predicted molar refractivity (Wildman–Crippen MR) is 95.1 cm³/mol. The Morgan fingerprint density at radius 3 is 2.71 bits per heavy atom. The van der Waals surface area contributed by atoms with Gasteiger partial charge in [-0.2, -0.15) is 0 Å². The average Bonchev–Trinajstić information content (AvgIpc) is 2.48. The summed E-state index contributed by atoms with van der Waals surface area (Å²) in [4.78, 5) is 2.32. The average molecular weight is 357 g/mol. The zero-order valence-corrected chi connectivity index (χ0v) is 15.1. The number of halogens is 1. The number of unbranched alkanes of at least 4 members (excludes halogenated alkanes) is 2. The summed E-state index contributed by atoms with van der Waals surface area (Å²) in [6.07, 6.45) is 4.24. The Labute approximate surface area is 137 Å². The van der Waals surface area contributed by atoms with Crippen LogP contribution in [0.15, 0.2) is 22.7 Å². The van der Waals surface area contributed by atoms with Crippen molar-refractivity contribution in [2.45, 2.75) is 45.6 Å². The first-order chi connectivity index (χ1) is 10.1. The molecule has 21 heavy (non-hydrogen) atoms. The highest BCUT2D eigenvalue weighted by atomic mass is 79.9. The van der Waals surface area contributed by atoms with Crippen molar-refractivity contribution in [1.82, 2.24) is 5.32 Å². The molecule has 0 radical (unpaired) electrons. The molecule has 0 aliphatic rings. The second-order valence-corrected chi connectivity index (χ2v) is 6.50. The van der Waals surface area contributed by atoms with Crippen LogP contribution in [0.2, 0.25) is 0 Å². The van der Waals surface area contributed by atoms with Gasteiger partial charge in [0.15, 0.2) is 0 Å². The molecule has 4 heteroatoms. The molecule has 1 aromatic carbocycles. The van der Waals surface area contributed by atoms with Gasteiger partial charge in [-0.05, 0) is 62.9 Å². The fourth-order valence-corrected chi connectivity index (χ4v) is 2.83. The summed E-state index contributed by atoms with van der Waals surface area (Å²) in [7, 11) is 2.15. The maximum atomic E-state index is 8.85. The van der Waals surface area contributed by atoms with E-state index in [2.05, 4.69) is 65.2 Å². The molecule has 0 saturated heterocycles. The molecule has 1 aromatic rings. The first-order valence-electron chi connectivity index (χ1n) is 7.95. The van der Waals surface area contributed by atoms with Gasteiger partial charge in [-0.3, -0.25) is 0 Å². The van der Waals surface area contributed by atoms with E-state index in [0.29, 0.717) is 12.6 Å². The Hall–Kier alpha value is -0.580. The molecule has 120 valence electrons. The van der Waals surface area contributed by atoms with Crippen LogP contribution >= 0.6 is 15.9 Å². The molecule has 0 aromatic heterocycles. The minimum Gasteiger partial charge on any atom is -0.396 e. The SMILES string of the molecule is CCCNC(C)c1cc(Br)ccc1N(C)CCCCCO. The van der Waals surface area contributed by atoms with Crippen LogP contribution in [0, 0.1) is 0 Å². The van der Waals surface area contributed by atoms with Crippen molar-refractivity contribution in [2.75, 3.05) is 31.6 Å². The van der Waals surface area contributed by atoms with Crippen molar-refractivity contribution in [3.8, 4) is 0 Å². The first-order valence-corrected chi connectivity index (χ1v) is 8.74. The monoisotopic (exact) mass is 356 g/mol. The molecule has 0 saturated carbocycles. The van der Waals surface area contributed by atoms with Crippen molar-refractivity contribution in [2.24, 2.45) is 0 Å². The van der Waals surface area contributed by atoms with E-state index in [0.717, 1.165) is 43.2 Å². The molecule has 1 atom stereocenters. The third kappa shape index (κ3) is 6.37. The van der Waals surface area contributed by atoms with Gasteiger partial charge in [-0.1, -0.05) is 22.9 Å². The highest BCUT2D eigenvalue weighted by Crippen LogP contribution is 2.29. The van der Waals surface area contributed by atoms with Gasteiger partial charge in [-0.15, -0.1) is 0 Å². The van der Waals surface area contributed by atoms with Gasteiger partial charge in [0.2, 0.25) is 0 Å². The summed E-state index contributed by atoms with van der Waals surface area (Å²) in [6, 6.07) is 6.86. The van der Waals surface area contributed by atoms with Crippen LogP contribution in [-0.2, 0) is 0 Å². The standard InChI is InChI=1S/C17H29BrN2O/c1-4-10-19-14(2)16-13-15(18)8-9-17(16)20(3)11-6-5-7-12-21/h8-9,13-14,19,21H,4-7,10-12H2,1-3H3. The summed E-state index contributed by atoms with van der Waals surface area (Å²) >= 11 is 3.58. The van der Waals surface area contributed by atoms with Gasteiger partial charge in [-0.25, -0.2) is 0 Å². The van der Waals surface area contributed by atoms with Crippen LogP contribution in [0.3, 0.4) is 0 Å². The van der Waals surface area contributed by atoms with Gasteiger partial charge >= 0.3 is 0 Å². The Balaban J connectivity index is 2.75. The number of aliphatic hydroxyl groups excluding tert-OH is 1. The molecule has 1 unspecified atom stereocenters. The van der Waals surface area contributed by atoms with Crippen molar-refractivity contribution in [3.05, 3.63) is 28.2 Å². The summed E-state index contributed by atoms with van der Waals surface area (Å²) in [5.41, 5.74) is 2.63. The fourth-order valence-electron chi connectivity index (χ4n) is 2.45. The minimum atomic E-state index is 0.297. The van der Waals surface area contributed by atoms with E-state index in [4.69, 9.17) is 5.11 Å². The van der Waals surface area contributed by atoms with Crippen molar-refractivity contribution in [1.29, 1.82) is 0 Å². The molecule has 2 N–H and O–H groups in total. The number of benzene rings is 1. The van der Waals surface area contributed by atoms with Gasteiger partial charge in [0.1, 0.15) is 0 Å². The Kier molecular flexibility index (Phi) is 8.97. The number of rotatable bonds is 10. The number of nitrogens with one attached hydrogen (secondary N) is 1. The van der Waals surface area contributed by atoms with E-state index < -0.39 is 0 Å². The minimum absolute atomic E-state index is 0.297. The van der Waals surface area contributed by atoms with E-state index >= 15 is 0 Å². The number of aliphatic hydroxyl groups is 1. The molecule has 0 spiro atoms. The third-order valence-electron chi connectivity index (χ3n) is 3.72. The van der Waals surface area contributed by atoms with Gasteiger partial charge < -0.3 is 15.3 Å². The van der Waals surface area contributed by atoms with Crippen LogP contribution in [-0.4, -0.2) is 31.9 Å². The molecular formula is C17H29BrN2O. The summed E-state index contributed by atoms with van der Waals surface area (Å²) in [5, 5.41) is 12.4. The highest BCUT2D eigenvalue weighted by Gasteiger charge is 2.13. The zero-order chi connectivity index (χ0) is 15.7. The van der Waals surface area contributed by atoms with Crippen LogP contribution < -0.4 is 10.2 Å². The summed E-state index contributed by atoms with van der Waals surface area (Å²) in [6.45, 7) is 6.77. The molecule has 0 aliphatic heterocycles. The van der Waals surface area contributed by atoms with Gasteiger partial charge in [0.25, 0.3) is 0 Å². The second-order valence-electron chi connectivity index (χ2n) is 5.58. The Bertz CT molecular complexity index is 412. The lowest BCUT2D eigenvalue weighted by molar-refractivity contribution is 0.283. The summed E-state index contributed by atoms with van der Waals surface area (Å²) < 4.78 is 1.13. The Morgan fingerprint density at radius 1 is 1.29 bits per heavy atom. The lowest BCUT2D eigenvalue weighted by atomic mass is 10.0. The number of anilines is 1. The van der Waals surface area contributed by atoms with Crippen LogP contribution in [0.5, 0.6) is 0 Å². The molecular weight excluding hydrogens is 328 g/mol. The topological polar surface area (TPSA) is 35.5 Å². The number of nitrogens with zero attached hydrogens (tertiary/aromatic N) is 1. The van der Waals surface area contributed by atoms with Crippen molar-refractivity contribution in [3.63, 3.8) is 0 Å². The second kappa shape index (κ2) is 10.2. The Morgan fingerprint density at radius 2 is 2.05 bits per heavy atom. The molecule has 0 fully saturated rings. The quantitative estimate of drug-likeness (QED) is 0.619. The van der Waals surface area contributed by atoms with Gasteiger partial charge in [0, 0.05) is 36.4 Å². The van der Waals surface area contributed by atoms with Crippen molar-refractivity contribution < 1.29 is 5.11 Å². The normalized spacial score (nSPS) is 12.4. The van der Waals surface area contributed by atoms with E-state index in [9.17, 15) is 0 Å². The lowest BCUT2D eigenvalue weighted by Crippen LogP contribution is -2.25. The number of hydrogen-bond donors (Lipinski definition) is 2. The van der Waals surface area contributed by atoms with Crippen molar-refractivity contribution >= 4 is 21.6 Å². The maximum absolute atomic E-state index is 8.85. The summed E-state index contributed by atoms with van der Waals surface area (Å²) in [5.74, 6) is 0. The molecule has 0 heterocycles. The molecule has 0 bridgehead atoms. The first kappa shape index (κ1) is 18.5. The van der Waals surface area contributed by atoms with Crippen LogP contribution in [0.4, 0.5) is 5.69 Å². The van der Waals surface area contributed by atoms with Crippen LogP contribution in [0.1, 0.15) is 51.1 Å². The van der Waals surface area contributed by atoms with E-state index in [-0.39, 0.29) is 0 Å². The molecule has 1 rings (SSSR count). The maximum Gasteiger partial charge on any atom is 0.0431 e. The molecule has 3 nitrogen and oxygen atoms in total. The largest absolute Gasteiger partial charge is 0.396 e. The van der Waals surface area contributed by atoms with E-state index in [1.165, 1.54) is 11.3 Å². The zero-order valence-electron chi connectivity index (χ0n) is 13.5. The number of hydrogen-bond acceptors (Lipinski definition) is 3. The highest BCUT2D eigenvalue weighted by molar-refractivity contribution is 9.10. The smallest absolute Gasteiger partial charge is 0.0431 e. The lowest BCUT2D eigenvalue weighted by Gasteiger charge is -2.26. The van der Waals surface area contributed by atoms with E-state index in [1.54, 1.807) is 0 Å². The van der Waals surface area contributed by atoms with Crippen LogP contribution in [0.25, 0.3) is 0 Å². The van der Waals surface area contributed by atoms with Gasteiger partial charge in [0.05, 0.1) is 0 Å². The molecule has 0 aliphatic carbocycles. The fraction of sp³-hybridized carbons (Fsp3) is 0.647. The molecule has 0 amide bonds. The third-order valence-corrected chi connectivity index (χ3v) is 4.21. The van der Waals surface area contributed by atoms with E-state index in [1.807, 2.05) is 0 Å².